The van der Waals surface area contributed by atoms with Gasteiger partial charge < -0.3 is 15.0 Å². The Bertz CT molecular complexity index is 2560. The Morgan fingerprint density at radius 2 is 1.63 bits per heavy atom. The quantitative estimate of drug-likeness (QED) is 0.126. The van der Waals surface area contributed by atoms with Crippen molar-refractivity contribution < 1.29 is 37.5 Å². The Labute approximate surface area is 355 Å². The molecule has 1 unspecified atom stereocenters. The van der Waals surface area contributed by atoms with Crippen LogP contribution in [0, 0.1) is 11.6 Å². The average Bonchev–Trinajstić information content (AvgIpc) is 3.87. The van der Waals surface area contributed by atoms with E-state index in [1.54, 1.807) is 42.7 Å². The number of nitrogens with one attached hydrogen (secondary N) is 2. The molecule has 0 radical (unpaired) electrons. The summed E-state index contributed by atoms with van der Waals surface area (Å²) < 4.78 is 38.1. The second kappa shape index (κ2) is 17.5. The molecule has 2 aromatic heterocycles. The second-order valence-electron chi connectivity index (χ2n) is 16.1. The third-order valence-corrected chi connectivity index (χ3v) is 12.2. The van der Waals surface area contributed by atoms with E-state index >= 15 is 8.78 Å². The molecule has 0 bridgehead atoms. The minimum atomic E-state index is -1.02. The molecule has 4 aliphatic rings. The van der Waals surface area contributed by atoms with Gasteiger partial charge in [-0.3, -0.25) is 48.8 Å². The fourth-order valence-electron chi connectivity index (χ4n) is 8.72. The van der Waals surface area contributed by atoms with Crippen LogP contribution in [0.4, 0.5) is 14.5 Å². The predicted molar refractivity (Wildman–Crippen MR) is 223 cm³/mol. The molecular formula is C45H45F2N9O6. The van der Waals surface area contributed by atoms with E-state index in [2.05, 4.69) is 20.7 Å². The van der Waals surface area contributed by atoms with Crippen LogP contribution in [-0.2, 0) is 25.7 Å². The van der Waals surface area contributed by atoms with Gasteiger partial charge in [0.05, 0.1) is 59.5 Å². The van der Waals surface area contributed by atoms with Crippen molar-refractivity contribution in [2.45, 2.75) is 63.6 Å². The van der Waals surface area contributed by atoms with Crippen LogP contribution in [0.3, 0.4) is 0 Å². The number of fused-ring (bicyclic) bond motifs is 2. The topological polar surface area (TPSA) is 172 Å². The van der Waals surface area contributed by atoms with Crippen LogP contribution in [0.15, 0.2) is 67.1 Å². The SMILES string of the molecule is O=C1CCC(N2C(=O)c3ccc(NCCCCC(=O)N4CCC(n5cc(-c6cnc7cccc(-c8cc(F)c(CN9CCOCC9)c(F)c8)c7n6)cn5)CC4)cc3C2=O)C(=O)N1. The normalized spacial score (nSPS) is 18.7. The van der Waals surface area contributed by atoms with Crippen molar-refractivity contribution in [1.82, 2.24) is 39.8 Å². The molecule has 3 saturated heterocycles. The molecule has 3 aromatic carbocycles. The van der Waals surface area contributed by atoms with Crippen LogP contribution in [0.5, 0.6) is 0 Å². The maximum atomic E-state index is 15.4. The van der Waals surface area contributed by atoms with E-state index < -0.39 is 41.3 Å². The number of imide groups is 2. The molecule has 6 heterocycles. The van der Waals surface area contributed by atoms with Crippen molar-refractivity contribution in [1.29, 1.82) is 0 Å². The number of benzene rings is 3. The molecule has 9 rings (SSSR count). The number of carbonyl (C=O) groups excluding carboxylic acids is 5. The molecular weight excluding hydrogens is 801 g/mol. The lowest BCUT2D eigenvalue weighted by Crippen LogP contribution is -2.54. The van der Waals surface area contributed by atoms with Crippen LogP contribution < -0.4 is 10.6 Å². The first kappa shape index (κ1) is 40.9. The molecule has 5 amide bonds. The number of halogens is 2. The van der Waals surface area contributed by atoms with Crippen molar-refractivity contribution in [3.8, 4) is 22.4 Å². The fourth-order valence-corrected chi connectivity index (χ4v) is 8.72. The molecule has 62 heavy (non-hydrogen) atoms. The lowest BCUT2D eigenvalue weighted by molar-refractivity contribution is -0.136. The number of piperidine rings is 2. The Hall–Kier alpha value is -6.46. The number of nitrogens with zero attached hydrogens (tertiary/aromatic N) is 7. The van der Waals surface area contributed by atoms with E-state index in [4.69, 9.17) is 9.72 Å². The molecule has 2 N–H and O–H groups in total. The third kappa shape index (κ3) is 8.29. The van der Waals surface area contributed by atoms with E-state index in [-0.39, 0.29) is 48.0 Å². The Morgan fingerprint density at radius 3 is 2.40 bits per heavy atom. The summed E-state index contributed by atoms with van der Waals surface area (Å²) >= 11 is 0. The number of morpholine rings is 1. The van der Waals surface area contributed by atoms with Crippen molar-refractivity contribution in [2.75, 3.05) is 51.3 Å². The molecule has 3 fully saturated rings. The van der Waals surface area contributed by atoms with Crippen LogP contribution >= 0.6 is 0 Å². The number of para-hydroxylation sites is 1. The largest absolute Gasteiger partial charge is 0.385 e. The van der Waals surface area contributed by atoms with Crippen molar-refractivity contribution in [3.05, 3.63) is 95.4 Å². The first-order valence-corrected chi connectivity index (χ1v) is 21.1. The molecule has 5 aromatic rings. The number of unbranched alkanes of at least 4 members (excludes halogenated alkanes) is 1. The van der Waals surface area contributed by atoms with Gasteiger partial charge in [-0.1, -0.05) is 12.1 Å². The smallest absolute Gasteiger partial charge is 0.262 e. The van der Waals surface area contributed by atoms with Gasteiger partial charge in [-0.2, -0.15) is 5.10 Å². The van der Waals surface area contributed by atoms with Gasteiger partial charge in [0, 0.05) is 80.7 Å². The molecule has 0 aliphatic carbocycles. The summed E-state index contributed by atoms with van der Waals surface area (Å²) in [4.78, 5) is 77.5. The van der Waals surface area contributed by atoms with Crippen molar-refractivity contribution >= 4 is 46.3 Å². The van der Waals surface area contributed by atoms with Crippen molar-refractivity contribution in [3.63, 3.8) is 0 Å². The number of hydrogen-bond acceptors (Lipinski definition) is 11. The van der Waals surface area contributed by atoms with Gasteiger partial charge in [0.2, 0.25) is 17.7 Å². The van der Waals surface area contributed by atoms with E-state index in [0.29, 0.717) is 98.7 Å². The number of ether oxygens (including phenoxy) is 1. The molecule has 15 nitrogen and oxygen atoms in total. The number of aromatic nitrogens is 4. The minimum absolute atomic E-state index is 0.0358. The van der Waals surface area contributed by atoms with Gasteiger partial charge in [0.15, 0.2) is 0 Å². The average molecular weight is 846 g/mol. The fraction of sp³-hybridized carbons (Fsp3) is 0.378. The lowest BCUT2D eigenvalue weighted by Gasteiger charge is -2.32. The monoisotopic (exact) mass is 845 g/mol. The summed E-state index contributed by atoms with van der Waals surface area (Å²) in [5, 5.41) is 10.1. The Morgan fingerprint density at radius 1 is 0.855 bits per heavy atom. The number of rotatable bonds is 12. The van der Waals surface area contributed by atoms with Crippen molar-refractivity contribution in [2.24, 2.45) is 0 Å². The van der Waals surface area contributed by atoms with Crippen LogP contribution in [-0.4, -0.2) is 116 Å². The summed E-state index contributed by atoms with van der Waals surface area (Å²) in [5.41, 5.74) is 4.54. The number of carbonyl (C=O) groups is 5. The van der Waals surface area contributed by atoms with E-state index in [0.717, 1.165) is 23.3 Å². The highest BCUT2D eigenvalue weighted by Crippen LogP contribution is 2.33. The molecule has 0 saturated carbocycles. The summed E-state index contributed by atoms with van der Waals surface area (Å²) in [7, 11) is 0. The molecule has 1 atom stereocenters. The first-order valence-electron chi connectivity index (χ1n) is 21.1. The summed E-state index contributed by atoms with van der Waals surface area (Å²) in [5.74, 6) is -3.30. The van der Waals surface area contributed by atoms with Crippen LogP contribution in [0.1, 0.15) is 77.3 Å². The number of hydrogen-bond donors (Lipinski definition) is 2. The van der Waals surface area contributed by atoms with E-state index in [1.165, 1.54) is 12.1 Å². The third-order valence-electron chi connectivity index (χ3n) is 12.2. The van der Waals surface area contributed by atoms with Gasteiger partial charge in [-0.25, -0.2) is 13.8 Å². The highest BCUT2D eigenvalue weighted by Gasteiger charge is 2.44. The van der Waals surface area contributed by atoms with Gasteiger partial charge >= 0.3 is 0 Å². The maximum absolute atomic E-state index is 15.4. The number of likely N-dealkylation sites (tertiary alicyclic amines) is 1. The summed E-state index contributed by atoms with van der Waals surface area (Å²) in [6.07, 6.45) is 8.73. The number of amides is 5. The highest BCUT2D eigenvalue weighted by molar-refractivity contribution is 6.23. The molecule has 4 aliphatic heterocycles. The van der Waals surface area contributed by atoms with Gasteiger partial charge in [-0.15, -0.1) is 0 Å². The maximum Gasteiger partial charge on any atom is 0.262 e. The van der Waals surface area contributed by atoms with Crippen LogP contribution in [0.25, 0.3) is 33.4 Å². The van der Waals surface area contributed by atoms with Gasteiger partial charge in [0.1, 0.15) is 17.7 Å². The Kier molecular flexibility index (Phi) is 11.5. The standard InChI is InChI=1S/C45H45F2N9O6/c46-35-20-27(21-36(47)34(35)26-53-16-18-62-19-17-53)31-4-3-5-37-42(31)51-38(24-49-37)28-23-50-55(25-28)30-11-14-54(15-12-30)41(58)6-1-2-13-48-29-7-8-32-33(22-29)45(61)56(44(32)60)39-9-10-40(57)52-43(39)59/h3-5,7-8,20-25,30,39,48H,1-2,6,9-19,26H2,(H,52,57,59). The molecule has 320 valence electrons. The zero-order valence-electron chi connectivity index (χ0n) is 33.9. The van der Waals surface area contributed by atoms with E-state index in [9.17, 15) is 24.0 Å². The predicted octanol–water partition coefficient (Wildman–Crippen LogP) is 5.12. The highest BCUT2D eigenvalue weighted by atomic mass is 19.1. The van der Waals surface area contributed by atoms with Gasteiger partial charge in [-0.05, 0) is 74.1 Å². The summed E-state index contributed by atoms with van der Waals surface area (Å²) in [6, 6.07) is 12.1. The molecule has 0 spiro atoms. The zero-order valence-corrected chi connectivity index (χ0v) is 33.9. The minimum Gasteiger partial charge on any atom is -0.385 e. The second-order valence-corrected chi connectivity index (χ2v) is 16.1. The first-order chi connectivity index (χ1) is 30.1. The summed E-state index contributed by atoms with van der Waals surface area (Å²) in [6.45, 7) is 4.26. The zero-order chi connectivity index (χ0) is 42.9. The van der Waals surface area contributed by atoms with Crippen LogP contribution in [0.2, 0.25) is 0 Å². The van der Waals surface area contributed by atoms with Gasteiger partial charge in [0.25, 0.3) is 11.8 Å². The molecule has 17 heteroatoms. The lowest BCUT2D eigenvalue weighted by atomic mass is 10.0. The Balaban J connectivity index is 0.757. The number of anilines is 1. The van der Waals surface area contributed by atoms with E-state index in [1.807, 2.05) is 26.7 Å².